The van der Waals surface area contributed by atoms with Crippen LogP contribution >= 0.6 is 15.9 Å². The molecule has 5 nitrogen and oxygen atoms in total. The lowest BCUT2D eigenvalue weighted by molar-refractivity contribution is 0.0690. The van der Waals surface area contributed by atoms with Crippen molar-refractivity contribution in [3.8, 4) is 0 Å². The van der Waals surface area contributed by atoms with Crippen LogP contribution < -0.4 is 5.69 Å². The second-order valence-electron chi connectivity index (χ2n) is 2.75. The first-order valence-corrected chi connectivity index (χ1v) is 4.51. The van der Waals surface area contributed by atoms with Crippen molar-refractivity contribution in [3.05, 3.63) is 39.0 Å². The van der Waals surface area contributed by atoms with Crippen LogP contribution in [0.2, 0.25) is 0 Å². The van der Waals surface area contributed by atoms with Gasteiger partial charge < -0.3 is 10.1 Å². The summed E-state index contributed by atoms with van der Waals surface area (Å²) in [4.78, 5) is 24.2. The van der Waals surface area contributed by atoms with Gasteiger partial charge in [0.25, 0.3) is 0 Å². The molecule has 0 unspecified atom stereocenters. The Kier molecular flexibility index (Phi) is 1.92. The smallest absolute Gasteiger partial charge is 0.352 e. The van der Waals surface area contributed by atoms with E-state index >= 15 is 0 Å². The lowest BCUT2D eigenvalue weighted by Gasteiger charge is -1.96. The number of nitrogens with one attached hydrogen (secondary N) is 1. The van der Waals surface area contributed by atoms with Crippen molar-refractivity contribution in [1.82, 2.24) is 9.38 Å². The van der Waals surface area contributed by atoms with Crippen molar-refractivity contribution in [2.75, 3.05) is 0 Å². The summed E-state index contributed by atoms with van der Waals surface area (Å²) in [5.41, 5.74) is -0.0447. The highest BCUT2D eigenvalue weighted by Gasteiger charge is 2.07. The van der Waals surface area contributed by atoms with Gasteiger partial charge in [0, 0.05) is 10.7 Å². The van der Waals surface area contributed by atoms with Gasteiger partial charge in [-0.3, -0.25) is 4.40 Å². The quantitative estimate of drug-likeness (QED) is 0.802. The molecule has 0 spiro atoms. The predicted molar refractivity (Wildman–Crippen MR) is 52.7 cm³/mol. The molecule has 0 atom stereocenters. The molecule has 0 aliphatic rings. The van der Waals surface area contributed by atoms with Crippen molar-refractivity contribution in [2.24, 2.45) is 0 Å². The molecule has 2 aromatic heterocycles. The number of H-pyrrole nitrogens is 1. The molecule has 0 aromatic carbocycles. The van der Waals surface area contributed by atoms with E-state index < -0.39 is 11.7 Å². The van der Waals surface area contributed by atoms with Gasteiger partial charge in [0.15, 0.2) is 0 Å². The van der Waals surface area contributed by atoms with E-state index in [1.807, 2.05) is 0 Å². The highest BCUT2D eigenvalue weighted by molar-refractivity contribution is 9.10. The van der Waals surface area contributed by atoms with Gasteiger partial charge in [-0.25, -0.2) is 9.59 Å². The van der Waals surface area contributed by atoms with Crippen LogP contribution in [-0.4, -0.2) is 20.5 Å². The molecule has 0 bridgehead atoms. The minimum absolute atomic E-state index is 0.117. The Hall–Kier alpha value is -1.56. The van der Waals surface area contributed by atoms with Gasteiger partial charge in [-0.1, -0.05) is 0 Å². The predicted octanol–water partition coefficient (Wildman–Crippen LogP) is 1.09. The molecule has 2 aromatic rings. The molecule has 0 aliphatic carbocycles. The SMILES string of the molecule is O=C(O)c1cc2cc(Br)cn2c(=O)[nH]1. The van der Waals surface area contributed by atoms with Crippen molar-refractivity contribution >= 4 is 27.4 Å². The molecule has 0 radical (unpaired) electrons. The molecule has 2 heterocycles. The van der Waals surface area contributed by atoms with E-state index in [1.54, 1.807) is 12.3 Å². The summed E-state index contributed by atoms with van der Waals surface area (Å²) < 4.78 is 2.06. The molecule has 2 N–H and O–H groups in total. The van der Waals surface area contributed by atoms with Crippen molar-refractivity contribution in [2.45, 2.75) is 0 Å². The Bertz CT molecular complexity index is 569. The van der Waals surface area contributed by atoms with Crippen LogP contribution in [-0.2, 0) is 0 Å². The van der Waals surface area contributed by atoms with E-state index in [1.165, 1.54) is 10.5 Å². The average molecular weight is 257 g/mol. The van der Waals surface area contributed by atoms with Gasteiger partial charge in [-0.2, -0.15) is 0 Å². The lowest BCUT2D eigenvalue weighted by atomic mass is 10.3. The molecule has 0 saturated heterocycles. The van der Waals surface area contributed by atoms with Gasteiger partial charge in [0.1, 0.15) is 5.69 Å². The van der Waals surface area contributed by atoms with E-state index in [9.17, 15) is 9.59 Å². The van der Waals surface area contributed by atoms with E-state index in [0.717, 1.165) is 4.47 Å². The monoisotopic (exact) mass is 256 g/mol. The topological polar surface area (TPSA) is 74.6 Å². The fourth-order valence-corrected chi connectivity index (χ4v) is 1.65. The minimum Gasteiger partial charge on any atom is -0.477 e. The number of halogens is 1. The maximum Gasteiger partial charge on any atom is 0.352 e. The van der Waals surface area contributed by atoms with E-state index in [4.69, 9.17) is 5.11 Å². The molecule has 0 saturated carbocycles. The van der Waals surface area contributed by atoms with Crippen LogP contribution in [0.3, 0.4) is 0 Å². The molecule has 2 rings (SSSR count). The third kappa shape index (κ3) is 1.33. The van der Waals surface area contributed by atoms with E-state index in [-0.39, 0.29) is 5.69 Å². The van der Waals surface area contributed by atoms with Gasteiger partial charge in [-0.05, 0) is 28.1 Å². The third-order valence-electron chi connectivity index (χ3n) is 1.80. The van der Waals surface area contributed by atoms with Crippen LogP contribution in [0.4, 0.5) is 0 Å². The fraction of sp³-hybridized carbons (Fsp3) is 0. The number of aromatic amines is 1. The largest absolute Gasteiger partial charge is 0.477 e. The molecular formula is C8H5BrN2O3. The Morgan fingerprint density at radius 2 is 2.21 bits per heavy atom. The van der Waals surface area contributed by atoms with Crippen LogP contribution in [0.1, 0.15) is 10.5 Å². The van der Waals surface area contributed by atoms with Crippen molar-refractivity contribution < 1.29 is 9.90 Å². The maximum absolute atomic E-state index is 11.3. The minimum atomic E-state index is -1.15. The zero-order valence-corrected chi connectivity index (χ0v) is 8.41. The summed E-state index contributed by atoms with van der Waals surface area (Å²) in [6, 6.07) is 3.07. The Morgan fingerprint density at radius 1 is 1.50 bits per heavy atom. The van der Waals surface area contributed by atoms with Gasteiger partial charge in [0.05, 0.1) is 5.52 Å². The molecule has 0 amide bonds. The van der Waals surface area contributed by atoms with E-state index in [0.29, 0.717) is 5.52 Å². The number of hydrogen-bond donors (Lipinski definition) is 2. The van der Waals surface area contributed by atoms with Gasteiger partial charge in [-0.15, -0.1) is 0 Å². The first-order chi connectivity index (χ1) is 6.58. The summed E-state index contributed by atoms with van der Waals surface area (Å²) >= 11 is 3.20. The van der Waals surface area contributed by atoms with Crippen LogP contribution in [0.15, 0.2) is 27.6 Å². The number of nitrogens with zero attached hydrogens (tertiary/aromatic N) is 1. The summed E-state index contributed by atoms with van der Waals surface area (Å²) in [6.07, 6.45) is 1.57. The Labute approximate surface area is 86.1 Å². The number of carbonyl (C=O) groups is 1. The summed E-state index contributed by atoms with van der Waals surface area (Å²) in [7, 11) is 0. The van der Waals surface area contributed by atoms with Crippen LogP contribution in [0, 0.1) is 0 Å². The normalized spacial score (nSPS) is 10.6. The number of aromatic nitrogens is 2. The average Bonchev–Trinajstić information content (AvgIpc) is 2.45. The number of carboxylic acid groups (broad SMARTS) is 1. The highest BCUT2D eigenvalue weighted by Crippen LogP contribution is 2.13. The summed E-state index contributed by atoms with van der Waals surface area (Å²) in [5.74, 6) is -1.15. The zero-order chi connectivity index (χ0) is 10.3. The number of carboxylic acids is 1. The Morgan fingerprint density at radius 3 is 2.86 bits per heavy atom. The molecule has 0 aliphatic heterocycles. The first-order valence-electron chi connectivity index (χ1n) is 3.72. The standard InChI is InChI=1S/C8H5BrN2O3/c9-4-1-5-2-6(7(12)13)10-8(14)11(5)3-4/h1-3H,(H,10,14)(H,12,13). The molecule has 0 fully saturated rings. The van der Waals surface area contributed by atoms with Crippen molar-refractivity contribution in [1.29, 1.82) is 0 Å². The summed E-state index contributed by atoms with van der Waals surface area (Å²) in [6.45, 7) is 0. The maximum atomic E-state index is 11.3. The number of aromatic carboxylic acids is 1. The first kappa shape index (κ1) is 9.01. The lowest BCUT2D eigenvalue weighted by Crippen LogP contribution is -2.19. The summed E-state index contributed by atoms with van der Waals surface area (Å²) in [5, 5.41) is 8.68. The zero-order valence-electron chi connectivity index (χ0n) is 6.82. The number of fused-ring (bicyclic) bond motifs is 1. The van der Waals surface area contributed by atoms with Crippen LogP contribution in [0.5, 0.6) is 0 Å². The van der Waals surface area contributed by atoms with Gasteiger partial charge >= 0.3 is 11.7 Å². The second kappa shape index (κ2) is 2.98. The Balaban J connectivity index is 2.84. The number of rotatable bonds is 1. The van der Waals surface area contributed by atoms with E-state index in [2.05, 4.69) is 20.9 Å². The second-order valence-corrected chi connectivity index (χ2v) is 3.66. The molecule has 6 heteroatoms. The molecule has 14 heavy (non-hydrogen) atoms. The third-order valence-corrected chi connectivity index (χ3v) is 2.23. The highest BCUT2D eigenvalue weighted by atomic mass is 79.9. The van der Waals surface area contributed by atoms with Gasteiger partial charge in [0.2, 0.25) is 0 Å². The van der Waals surface area contributed by atoms with Crippen molar-refractivity contribution in [3.63, 3.8) is 0 Å². The molecule has 72 valence electrons. The van der Waals surface area contributed by atoms with Crippen LogP contribution in [0.25, 0.3) is 5.52 Å². The molecular weight excluding hydrogens is 252 g/mol. The number of hydrogen-bond acceptors (Lipinski definition) is 2. The fourth-order valence-electron chi connectivity index (χ4n) is 1.21.